The summed E-state index contributed by atoms with van der Waals surface area (Å²) in [4.78, 5) is 4.43. The minimum Gasteiger partial charge on any atom is -0.316 e. The van der Waals surface area contributed by atoms with Crippen LogP contribution in [0.1, 0.15) is 23.6 Å². The molecule has 1 saturated carbocycles. The lowest BCUT2D eigenvalue weighted by Gasteiger charge is -2.15. The van der Waals surface area contributed by atoms with E-state index < -0.39 is 0 Å². The highest BCUT2D eigenvalue weighted by atomic mass is 14.9. The number of hydrogen-bond donors (Lipinski definition) is 1. The van der Waals surface area contributed by atoms with E-state index in [1.54, 1.807) is 0 Å². The van der Waals surface area contributed by atoms with Crippen molar-refractivity contribution in [3.05, 3.63) is 66.0 Å². The van der Waals surface area contributed by atoms with Gasteiger partial charge >= 0.3 is 0 Å². The molecule has 1 aromatic carbocycles. The molecule has 2 aromatic rings. The van der Waals surface area contributed by atoms with E-state index in [2.05, 4.69) is 59.8 Å². The van der Waals surface area contributed by atoms with Crippen LogP contribution in [-0.2, 0) is 6.42 Å². The Morgan fingerprint density at radius 3 is 2.63 bits per heavy atom. The van der Waals surface area contributed by atoms with Crippen molar-refractivity contribution in [2.24, 2.45) is 5.92 Å². The summed E-state index contributed by atoms with van der Waals surface area (Å²) in [5.41, 5.74) is 2.66. The van der Waals surface area contributed by atoms with Crippen LogP contribution in [0.25, 0.3) is 0 Å². The molecule has 0 amide bonds. The minimum absolute atomic E-state index is 0.528. The number of aromatic nitrogens is 1. The van der Waals surface area contributed by atoms with Crippen LogP contribution in [0, 0.1) is 5.92 Å². The zero-order chi connectivity index (χ0) is 13.1. The molecule has 0 spiro atoms. The summed E-state index contributed by atoms with van der Waals surface area (Å²) in [6.07, 6.45) is 4.19. The van der Waals surface area contributed by atoms with Gasteiger partial charge < -0.3 is 5.32 Å². The molecule has 3 atom stereocenters. The third-order valence-electron chi connectivity index (χ3n) is 4.11. The van der Waals surface area contributed by atoms with Gasteiger partial charge in [0, 0.05) is 24.4 Å². The molecule has 3 unspecified atom stereocenters. The fraction of sp³-hybridized carbons (Fsp3) is 0.353. The van der Waals surface area contributed by atoms with Crippen molar-refractivity contribution in [1.29, 1.82) is 0 Å². The summed E-state index contributed by atoms with van der Waals surface area (Å²) < 4.78 is 0. The monoisotopic (exact) mass is 252 g/mol. The molecule has 0 radical (unpaired) electrons. The summed E-state index contributed by atoms with van der Waals surface area (Å²) in [6, 6.07) is 17.5. The van der Waals surface area contributed by atoms with Gasteiger partial charge in [-0.1, -0.05) is 36.4 Å². The average Bonchev–Trinajstić information content (AvgIpc) is 3.27. The van der Waals surface area contributed by atoms with Gasteiger partial charge in [0.15, 0.2) is 0 Å². The Balaban J connectivity index is 1.65. The Morgan fingerprint density at radius 1 is 1.16 bits per heavy atom. The van der Waals surface area contributed by atoms with Crippen LogP contribution in [0.4, 0.5) is 0 Å². The van der Waals surface area contributed by atoms with Gasteiger partial charge in [-0.15, -0.1) is 0 Å². The molecular formula is C17H20N2. The largest absolute Gasteiger partial charge is 0.316 e. The van der Waals surface area contributed by atoms with Gasteiger partial charge in [0.05, 0.1) is 0 Å². The van der Waals surface area contributed by atoms with Crippen molar-refractivity contribution >= 4 is 0 Å². The van der Waals surface area contributed by atoms with E-state index in [9.17, 15) is 0 Å². The third kappa shape index (κ3) is 2.85. The first-order valence-corrected chi connectivity index (χ1v) is 7.00. The Labute approximate surface area is 114 Å². The lowest BCUT2D eigenvalue weighted by molar-refractivity contribution is 0.486. The van der Waals surface area contributed by atoms with Gasteiger partial charge in [0.2, 0.25) is 0 Å². The molecule has 1 fully saturated rings. The number of likely N-dealkylation sites (N-methyl/N-ethyl adjacent to an activating group) is 1. The molecule has 1 N–H and O–H groups in total. The van der Waals surface area contributed by atoms with Crippen LogP contribution in [-0.4, -0.2) is 18.1 Å². The molecule has 1 aliphatic carbocycles. The second kappa shape index (κ2) is 5.54. The second-order valence-electron chi connectivity index (χ2n) is 5.34. The van der Waals surface area contributed by atoms with Crippen LogP contribution in [0.15, 0.2) is 54.7 Å². The fourth-order valence-corrected chi connectivity index (χ4v) is 2.95. The summed E-state index contributed by atoms with van der Waals surface area (Å²) in [6.45, 7) is 0. The quantitative estimate of drug-likeness (QED) is 0.885. The molecule has 2 heteroatoms. The predicted molar refractivity (Wildman–Crippen MR) is 78.1 cm³/mol. The summed E-state index contributed by atoms with van der Waals surface area (Å²) in [7, 11) is 2.06. The molecule has 1 aromatic heterocycles. The lowest BCUT2D eigenvalue weighted by Crippen LogP contribution is -2.30. The summed E-state index contributed by atoms with van der Waals surface area (Å²) in [5.74, 6) is 1.47. The van der Waals surface area contributed by atoms with Crippen LogP contribution >= 0.6 is 0 Å². The fourth-order valence-electron chi connectivity index (χ4n) is 2.95. The molecule has 0 bridgehead atoms. The van der Waals surface area contributed by atoms with E-state index in [-0.39, 0.29) is 0 Å². The van der Waals surface area contributed by atoms with Gasteiger partial charge in [-0.2, -0.15) is 0 Å². The Hall–Kier alpha value is -1.67. The molecule has 0 saturated heterocycles. The maximum atomic E-state index is 4.43. The smallest absolute Gasteiger partial charge is 0.0419 e. The lowest BCUT2D eigenvalue weighted by atomic mass is 10.0. The molecule has 19 heavy (non-hydrogen) atoms. The van der Waals surface area contributed by atoms with Crippen LogP contribution < -0.4 is 5.32 Å². The number of hydrogen-bond acceptors (Lipinski definition) is 2. The van der Waals surface area contributed by atoms with E-state index >= 15 is 0 Å². The van der Waals surface area contributed by atoms with Crippen molar-refractivity contribution in [3.8, 4) is 0 Å². The molecule has 1 heterocycles. The molecule has 3 rings (SSSR count). The second-order valence-corrected chi connectivity index (χ2v) is 5.34. The van der Waals surface area contributed by atoms with Crippen LogP contribution in [0.3, 0.4) is 0 Å². The molecule has 1 aliphatic rings. The average molecular weight is 252 g/mol. The van der Waals surface area contributed by atoms with Gasteiger partial charge in [0.1, 0.15) is 0 Å². The first-order chi connectivity index (χ1) is 9.38. The summed E-state index contributed by atoms with van der Waals surface area (Å²) >= 11 is 0. The van der Waals surface area contributed by atoms with Crippen molar-refractivity contribution < 1.29 is 0 Å². The maximum absolute atomic E-state index is 4.43. The van der Waals surface area contributed by atoms with E-state index in [4.69, 9.17) is 0 Å². The van der Waals surface area contributed by atoms with Gasteiger partial charge in [-0.25, -0.2) is 0 Å². The van der Waals surface area contributed by atoms with Crippen molar-refractivity contribution in [3.63, 3.8) is 0 Å². The number of nitrogens with zero attached hydrogens (tertiary/aromatic N) is 1. The van der Waals surface area contributed by atoms with Crippen molar-refractivity contribution in [2.45, 2.75) is 24.8 Å². The Morgan fingerprint density at radius 2 is 1.95 bits per heavy atom. The van der Waals surface area contributed by atoms with E-state index in [1.165, 1.54) is 17.7 Å². The first kappa shape index (κ1) is 12.4. The van der Waals surface area contributed by atoms with Crippen LogP contribution in [0.2, 0.25) is 0 Å². The topological polar surface area (TPSA) is 24.9 Å². The SMILES string of the molecule is CNC(Cc1ccccn1)C1CC1c1ccccc1. The van der Waals surface area contributed by atoms with Crippen molar-refractivity contribution in [1.82, 2.24) is 10.3 Å². The zero-order valence-electron chi connectivity index (χ0n) is 11.3. The molecule has 2 nitrogen and oxygen atoms in total. The van der Waals surface area contributed by atoms with Crippen molar-refractivity contribution in [2.75, 3.05) is 7.05 Å². The third-order valence-corrected chi connectivity index (χ3v) is 4.11. The first-order valence-electron chi connectivity index (χ1n) is 7.00. The normalized spacial score (nSPS) is 23.0. The zero-order valence-corrected chi connectivity index (χ0v) is 11.3. The number of nitrogens with one attached hydrogen (secondary N) is 1. The molecule has 98 valence electrons. The standard InChI is InChI=1S/C17H20N2/c1-18-17(11-14-9-5-6-10-19-14)16-12-15(16)13-7-3-2-4-8-13/h2-10,15-18H,11-12H2,1H3. The Kier molecular flexibility index (Phi) is 3.60. The Bertz CT molecular complexity index is 509. The van der Waals surface area contributed by atoms with Crippen LogP contribution in [0.5, 0.6) is 0 Å². The van der Waals surface area contributed by atoms with E-state index in [1.807, 2.05) is 12.3 Å². The number of pyridine rings is 1. The molecule has 0 aliphatic heterocycles. The number of benzene rings is 1. The van der Waals surface area contributed by atoms with Gasteiger partial charge in [-0.05, 0) is 43.0 Å². The minimum atomic E-state index is 0.528. The predicted octanol–water partition coefficient (Wildman–Crippen LogP) is 3.02. The highest BCUT2D eigenvalue weighted by Gasteiger charge is 2.43. The maximum Gasteiger partial charge on any atom is 0.0419 e. The number of rotatable bonds is 5. The molecular weight excluding hydrogens is 232 g/mol. The van der Waals surface area contributed by atoms with Gasteiger partial charge in [0.25, 0.3) is 0 Å². The van der Waals surface area contributed by atoms with Gasteiger partial charge in [-0.3, -0.25) is 4.98 Å². The highest BCUT2D eigenvalue weighted by Crippen LogP contribution is 2.49. The van der Waals surface area contributed by atoms with E-state index in [0.717, 1.165) is 18.3 Å². The van der Waals surface area contributed by atoms with E-state index in [0.29, 0.717) is 6.04 Å². The highest BCUT2D eigenvalue weighted by molar-refractivity contribution is 5.27. The summed E-state index contributed by atoms with van der Waals surface area (Å²) in [5, 5.41) is 3.47.